The van der Waals surface area contributed by atoms with Gasteiger partial charge in [-0.3, -0.25) is 0 Å². The van der Waals surface area contributed by atoms with E-state index in [-0.39, 0.29) is 6.61 Å². The first-order valence-electron chi connectivity index (χ1n) is 8.59. The summed E-state index contributed by atoms with van der Waals surface area (Å²) in [5.74, 6) is 1.44. The van der Waals surface area contributed by atoms with Crippen LogP contribution in [0.4, 0.5) is 4.39 Å². The lowest BCUT2D eigenvalue weighted by atomic mass is 9.89. The number of piperidine rings is 1. The van der Waals surface area contributed by atoms with Gasteiger partial charge in [-0.2, -0.15) is 5.26 Å². The predicted octanol–water partition coefficient (Wildman–Crippen LogP) is 3.68. The van der Waals surface area contributed by atoms with Crippen LogP contribution in [0.25, 0.3) is 0 Å². The lowest BCUT2D eigenvalue weighted by Gasteiger charge is -2.31. The largest absolute Gasteiger partial charge is 0.485 e. The molecule has 128 valence electrons. The summed E-state index contributed by atoms with van der Waals surface area (Å²) < 4.78 is 26.4. The molecule has 1 N–H and O–H groups in total. The highest BCUT2D eigenvalue weighted by Crippen LogP contribution is 2.44. The van der Waals surface area contributed by atoms with Crippen molar-refractivity contribution in [3.63, 3.8) is 0 Å². The molecule has 2 aliphatic heterocycles. The summed E-state index contributed by atoms with van der Waals surface area (Å²) in [5, 5.41) is 12.3. The van der Waals surface area contributed by atoms with Crippen LogP contribution >= 0.6 is 0 Å². The molecule has 0 bridgehead atoms. The summed E-state index contributed by atoms with van der Waals surface area (Å²) in [6.45, 7) is 2.23. The van der Waals surface area contributed by atoms with Crippen LogP contribution in [0.15, 0.2) is 36.4 Å². The number of halogens is 1. The average Bonchev–Trinajstić information content (AvgIpc) is 2.67. The van der Waals surface area contributed by atoms with E-state index in [1.165, 1.54) is 6.07 Å². The highest BCUT2D eigenvalue weighted by atomic mass is 19.1. The molecule has 2 aromatic rings. The van der Waals surface area contributed by atoms with E-state index in [1.54, 1.807) is 12.1 Å². The van der Waals surface area contributed by atoms with Crippen molar-refractivity contribution in [3.8, 4) is 17.6 Å². The zero-order valence-corrected chi connectivity index (χ0v) is 13.8. The number of ether oxygens (including phenoxy) is 2. The molecule has 4 nitrogen and oxygen atoms in total. The molecule has 1 atom stereocenters. The number of rotatable bonds is 2. The second-order valence-electron chi connectivity index (χ2n) is 6.46. The zero-order valence-electron chi connectivity index (χ0n) is 13.8. The molecular weight excluding hydrogens is 319 g/mol. The highest BCUT2D eigenvalue weighted by Gasteiger charge is 2.29. The van der Waals surface area contributed by atoms with E-state index in [0.29, 0.717) is 17.0 Å². The Kier molecular flexibility index (Phi) is 4.29. The van der Waals surface area contributed by atoms with E-state index >= 15 is 0 Å². The predicted molar refractivity (Wildman–Crippen MR) is 91.3 cm³/mol. The lowest BCUT2D eigenvalue weighted by Crippen LogP contribution is -2.28. The molecule has 4 rings (SSSR count). The topological polar surface area (TPSA) is 54.3 Å². The van der Waals surface area contributed by atoms with Crippen molar-refractivity contribution in [2.45, 2.75) is 24.9 Å². The molecule has 1 fully saturated rings. The monoisotopic (exact) mass is 338 g/mol. The molecule has 1 saturated heterocycles. The van der Waals surface area contributed by atoms with E-state index in [1.807, 2.05) is 18.2 Å². The fraction of sp³-hybridized carbons (Fsp3) is 0.350. The first kappa shape index (κ1) is 15.9. The van der Waals surface area contributed by atoms with Crippen molar-refractivity contribution in [2.75, 3.05) is 19.7 Å². The molecule has 25 heavy (non-hydrogen) atoms. The normalized spacial score (nSPS) is 20.1. The SMILES string of the molecule is N#Cc1ccc([C@H]2COc3cccc(C4CCNCC4)c3O2)c(F)c1. The fourth-order valence-electron chi connectivity index (χ4n) is 3.58. The van der Waals surface area contributed by atoms with Crippen LogP contribution in [0.3, 0.4) is 0 Å². The van der Waals surface area contributed by atoms with Crippen LogP contribution in [0, 0.1) is 17.1 Å². The van der Waals surface area contributed by atoms with E-state index in [2.05, 4.69) is 11.4 Å². The summed E-state index contributed by atoms with van der Waals surface area (Å²) in [7, 11) is 0. The number of hydrogen-bond acceptors (Lipinski definition) is 4. The Balaban J connectivity index is 1.65. The van der Waals surface area contributed by atoms with Gasteiger partial charge in [-0.15, -0.1) is 0 Å². The van der Waals surface area contributed by atoms with Gasteiger partial charge in [-0.1, -0.05) is 18.2 Å². The van der Waals surface area contributed by atoms with Crippen LogP contribution < -0.4 is 14.8 Å². The molecule has 0 saturated carbocycles. The van der Waals surface area contributed by atoms with Gasteiger partial charge >= 0.3 is 0 Å². The van der Waals surface area contributed by atoms with Gasteiger partial charge in [0.2, 0.25) is 0 Å². The number of benzene rings is 2. The van der Waals surface area contributed by atoms with Crippen LogP contribution in [0.1, 0.15) is 41.6 Å². The van der Waals surface area contributed by atoms with E-state index in [4.69, 9.17) is 14.7 Å². The third kappa shape index (κ3) is 3.06. The van der Waals surface area contributed by atoms with Crippen molar-refractivity contribution in [1.82, 2.24) is 5.32 Å². The summed E-state index contributed by atoms with van der Waals surface area (Å²) in [6, 6.07) is 12.4. The Morgan fingerprint density at radius 2 is 1.96 bits per heavy atom. The second-order valence-corrected chi connectivity index (χ2v) is 6.46. The molecule has 2 aliphatic rings. The fourth-order valence-corrected chi connectivity index (χ4v) is 3.58. The summed E-state index contributed by atoms with van der Waals surface area (Å²) >= 11 is 0. The Hall–Kier alpha value is -2.58. The van der Waals surface area contributed by atoms with Gasteiger partial charge in [0, 0.05) is 11.1 Å². The van der Waals surface area contributed by atoms with Gasteiger partial charge in [-0.05, 0) is 50.0 Å². The smallest absolute Gasteiger partial charge is 0.165 e. The minimum absolute atomic E-state index is 0.255. The second kappa shape index (κ2) is 6.73. The molecule has 0 aliphatic carbocycles. The van der Waals surface area contributed by atoms with Crippen LogP contribution in [0.5, 0.6) is 11.5 Å². The van der Waals surface area contributed by atoms with Crippen molar-refractivity contribution >= 4 is 0 Å². The zero-order chi connectivity index (χ0) is 17.2. The average molecular weight is 338 g/mol. The Labute approximate surface area is 146 Å². The molecular formula is C20H19FN2O2. The number of fused-ring (bicyclic) bond motifs is 1. The maximum Gasteiger partial charge on any atom is 0.165 e. The summed E-state index contributed by atoms with van der Waals surface area (Å²) in [4.78, 5) is 0. The number of hydrogen-bond donors (Lipinski definition) is 1. The van der Waals surface area contributed by atoms with E-state index < -0.39 is 11.9 Å². The van der Waals surface area contributed by atoms with Crippen LogP contribution in [-0.4, -0.2) is 19.7 Å². The molecule has 0 amide bonds. The molecule has 0 aromatic heterocycles. The molecule has 5 heteroatoms. The number of nitriles is 1. The third-order valence-electron chi connectivity index (χ3n) is 4.92. The van der Waals surface area contributed by atoms with Crippen LogP contribution in [-0.2, 0) is 0 Å². The Morgan fingerprint density at radius 1 is 1.12 bits per heavy atom. The summed E-state index contributed by atoms with van der Waals surface area (Å²) in [5.41, 5.74) is 1.86. The van der Waals surface area contributed by atoms with E-state index in [9.17, 15) is 4.39 Å². The van der Waals surface area contributed by atoms with Crippen molar-refractivity contribution in [1.29, 1.82) is 5.26 Å². The molecule has 0 unspecified atom stereocenters. The van der Waals surface area contributed by atoms with Gasteiger partial charge in [-0.25, -0.2) is 4.39 Å². The van der Waals surface area contributed by atoms with Gasteiger partial charge in [0.15, 0.2) is 17.6 Å². The third-order valence-corrected chi connectivity index (χ3v) is 4.92. The highest BCUT2D eigenvalue weighted by molar-refractivity contribution is 5.50. The lowest BCUT2D eigenvalue weighted by molar-refractivity contribution is 0.0864. The van der Waals surface area contributed by atoms with Gasteiger partial charge < -0.3 is 14.8 Å². The minimum Gasteiger partial charge on any atom is -0.485 e. The van der Waals surface area contributed by atoms with Gasteiger partial charge in [0.25, 0.3) is 0 Å². The molecule has 2 aromatic carbocycles. The molecule has 0 spiro atoms. The van der Waals surface area contributed by atoms with Gasteiger partial charge in [0.1, 0.15) is 12.4 Å². The Bertz CT molecular complexity index is 825. The maximum atomic E-state index is 14.4. The van der Waals surface area contributed by atoms with Crippen molar-refractivity contribution in [2.24, 2.45) is 0 Å². The number of nitrogens with one attached hydrogen (secondary N) is 1. The first-order valence-corrected chi connectivity index (χ1v) is 8.59. The summed E-state index contributed by atoms with van der Waals surface area (Å²) in [6.07, 6.45) is 1.59. The van der Waals surface area contributed by atoms with Gasteiger partial charge in [0.05, 0.1) is 11.6 Å². The quantitative estimate of drug-likeness (QED) is 0.908. The van der Waals surface area contributed by atoms with Crippen LogP contribution in [0.2, 0.25) is 0 Å². The standard InChI is InChI=1S/C20H19FN2O2/c21-17-10-13(11-22)4-5-16(17)19-12-24-18-3-1-2-15(20(18)25-19)14-6-8-23-9-7-14/h1-5,10,14,19,23H,6-9,12H2/t19-/m1/s1. The molecule has 2 heterocycles. The Morgan fingerprint density at radius 3 is 2.72 bits per heavy atom. The molecule has 0 radical (unpaired) electrons. The minimum atomic E-state index is -0.511. The maximum absolute atomic E-state index is 14.4. The number of para-hydroxylation sites is 1. The van der Waals surface area contributed by atoms with Crippen molar-refractivity contribution in [3.05, 3.63) is 58.9 Å². The number of nitrogens with zero attached hydrogens (tertiary/aromatic N) is 1. The van der Waals surface area contributed by atoms with Crippen molar-refractivity contribution < 1.29 is 13.9 Å². The first-order chi connectivity index (χ1) is 12.3. The van der Waals surface area contributed by atoms with E-state index in [0.717, 1.165) is 43.0 Å².